The largest absolute Gasteiger partial charge is 0.494 e. The van der Waals surface area contributed by atoms with Crippen LogP contribution in [-0.2, 0) is 6.42 Å². The van der Waals surface area contributed by atoms with Crippen molar-refractivity contribution in [1.82, 2.24) is 9.78 Å². The Kier molecular flexibility index (Phi) is 3.85. The number of carbonyl (C=O) groups is 1. The summed E-state index contributed by atoms with van der Waals surface area (Å²) in [6.45, 7) is 2.04. The van der Waals surface area contributed by atoms with Gasteiger partial charge in [-0.25, -0.2) is 9.48 Å². The number of carboxylic acid groups (broad SMARTS) is 1. The van der Waals surface area contributed by atoms with Crippen LogP contribution in [0.25, 0.3) is 5.69 Å². The number of aromatic carboxylic acids is 1. The molecule has 0 aliphatic heterocycles. The Morgan fingerprint density at radius 2 is 2.16 bits per heavy atom. The number of nitrogens with zero attached hydrogens (tertiary/aromatic N) is 2. The number of ether oxygens (including phenoxy) is 1. The molecule has 19 heavy (non-hydrogen) atoms. The van der Waals surface area contributed by atoms with Crippen molar-refractivity contribution in [1.29, 1.82) is 0 Å². The molecule has 0 fully saturated rings. The second-order valence-corrected chi connectivity index (χ2v) is 4.16. The van der Waals surface area contributed by atoms with Gasteiger partial charge in [-0.1, -0.05) is 25.5 Å². The first kappa shape index (κ1) is 13.1. The van der Waals surface area contributed by atoms with E-state index in [0.717, 1.165) is 24.2 Å². The van der Waals surface area contributed by atoms with E-state index in [9.17, 15) is 4.79 Å². The molecule has 1 N–H and O–H groups in total. The monoisotopic (exact) mass is 260 g/mol. The summed E-state index contributed by atoms with van der Waals surface area (Å²) < 4.78 is 6.94. The summed E-state index contributed by atoms with van der Waals surface area (Å²) in [6, 6.07) is 9.03. The van der Waals surface area contributed by atoms with Crippen LogP contribution in [0.2, 0.25) is 0 Å². The van der Waals surface area contributed by atoms with E-state index in [0.29, 0.717) is 5.75 Å². The molecule has 0 amide bonds. The lowest BCUT2D eigenvalue weighted by atomic mass is 10.2. The van der Waals surface area contributed by atoms with Gasteiger partial charge in [-0.2, -0.15) is 5.10 Å². The molecule has 100 valence electrons. The molecule has 0 saturated heterocycles. The van der Waals surface area contributed by atoms with E-state index in [1.165, 1.54) is 0 Å². The highest BCUT2D eigenvalue weighted by Crippen LogP contribution is 2.24. The number of carboxylic acids is 1. The summed E-state index contributed by atoms with van der Waals surface area (Å²) in [5, 5.41) is 13.2. The minimum absolute atomic E-state index is 0.0503. The summed E-state index contributed by atoms with van der Waals surface area (Å²) >= 11 is 0. The zero-order valence-corrected chi connectivity index (χ0v) is 11.0. The summed E-state index contributed by atoms with van der Waals surface area (Å²) in [6.07, 6.45) is 1.68. The Labute approximate surface area is 111 Å². The van der Waals surface area contributed by atoms with E-state index >= 15 is 0 Å². The van der Waals surface area contributed by atoms with Gasteiger partial charge in [0, 0.05) is 5.69 Å². The predicted molar refractivity (Wildman–Crippen MR) is 71.1 cm³/mol. The van der Waals surface area contributed by atoms with Crippen molar-refractivity contribution in [2.24, 2.45) is 0 Å². The second kappa shape index (κ2) is 5.56. The molecule has 1 aromatic heterocycles. The molecule has 1 heterocycles. The lowest BCUT2D eigenvalue weighted by molar-refractivity contribution is 0.0690. The van der Waals surface area contributed by atoms with Gasteiger partial charge < -0.3 is 9.84 Å². The van der Waals surface area contributed by atoms with E-state index in [4.69, 9.17) is 9.84 Å². The van der Waals surface area contributed by atoms with Crippen molar-refractivity contribution in [3.8, 4) is 11.4 Å². The van der Waals surface area contributed by atoms with Gasteiger partial charge in [0.2, 0.25) is 0 Å². The SMILES string of the molecule is CCCc1cc(C(=O)O)nn1-c1ccccc1OC. The first-order valence-corrected chi connectivity index (χ1v) is 6.13. The van der Waals surface area contributed by atoms with Gasteiger partial charge in [0.05, 0.1) is 7.11 Å². The first-order chi connectivity index (χ1) is 9.17. The maximum absolute atomic E-state index is 11.0. The van der Waals surface area contributed by atoms with E-state index in [1.807, 2.05) is 31.2 Å². The lowest BCUT2D eigenvalue weighted by Gasteiger charge is -2.10. The van der Waals surface area contributed by atoms with E-state index in [-0.39, 0.29) is 5.69 Å². The van der Waals surface area contributed by atoms with Crippen molar-refractivity contribution in [3.63, 3.8) is 0 Å². The third-order valence-electron chi connectivity index (χ3n) is 2.82. The number of hydrogen-bond donors (Lipinski definition) is 1. The smallest absolute Gasteiger partial charge is 0.356 e. The molecule has 0 saturated carbocycles. The average Bonchev–Trinajstić information content (AvgIpc) is 2.83. The molecule has 5 heteroatoms. The average molecular weight is 260 g/mol. The fourth-order valence-electron chi connectivity index (χ4n) is 1.97. The van der Waals surface area contributed by atoms with Crippen LogP contribution in [0.15, 0.2) is 30.3 Å². The number of aromatic nitrogens is 2. The standard InChI is InChI=1S/C14H16N2O3/c1-3-6-10-9-11(14(17)18)15-16(10)12-7-4-5-8-13(12)19-2/h4-5,7-9H,3,6H2,1-2H3,(H,17,18). The van der Waals surface area contributed by atoms with Gasteiger partial charge >= 0.3 is 5.97 Å². The van der Waals surface area contributed by atoms with Gasteiger partial charge in [0.25, 0.3) is 0 Å². The summed E-state index contributed by atoms with van der Waals surface area (Å²) in [5.74, 6) is -0.356. The molecule has 1 aromatic carbocycles. The molecule has 0 radical (unpaired) electrons. The first-order valence-electron chi connectivity index (χ1n) is 6.13. The summed E-state index contributed by atoms with van der Waals surface area (Å²) in [4.78, 5) is 11.0. The van der Waals surface area contributed by atoms with Crippen LogP contribution < -0.4 is 4.74 Å². The highest BCUT2D eigenvalue weighted by Gasteiger charge is 2.15. The fourth-order valence-corrected chi connectivity index (χ4v) is 1.97. The Morgan fingerprint density at radius 3 is 2.79 bits per heavy atom. The number of aryl methyl sites for hydroxylation is 1. The van der Waals surface area contributed by atoms with Gasteiger partial charge in [0.15, 0.2) is 5.69 Å². The van der Waals surface area contributed by atoms with Crippen LogP contribution >= 0.6 is 0 Å². The molecular weight excluding hydrogens is 244 g/mol. The fraction of sp³-hybridized carbons (Fsp3) is 0.286. The molecule has 2 rings (SSSR count). The molecule has 0 atom stereocenters. The zero-order valence-electron chi connectivity index (χ0n) is 11.0. The van der Waals surface area contributed by atoms with Gasteiger partial charge in [-0.05, 0) is 24.6 Å². The third-order valence-corrected chi connectivity index (χ3v) is 2.82. The van der Waals surface area contributed by atoms with Gasteiger partial charge in [0.1, 0.15) is 11.4 Å². The van der Waals surface area contributed by atoms with Crippen LogP contribution in [0, 0.1) is 0 Å². The number of benzene rings is 1. The molecule has 2 aromatic rings. The minimum Gasteiger partial charge on any atom is -0.494 e. The zero-order chi connectivity index (χ0) is 13.8. The Bertz CT molecular complexity index is 590. The van der Waals surface area contributed by atoms with E-state index in [1.54, 1.807) is 17.9 Å². The highest BCUT2D eigenvalue weighted by atomic mass is 16.5. The van der Waals surface area contributed by atoms with Crippen molar-refractivity contribution < 1.29 is 14.6 Å². The molecule has 0 aliphatic carbocycles. The Hall–Kier alpha value is -2.30. The van der Waals surface area contributed by atoms with E-state index < -0.39 is 5.97 Å². The lowest BCUT2D eigenvalue weighted by Crippen LogP contribution is -2.05. The molecule has 0 spiro atoms. The maximum Gasteiger partial charge on any atom is 0.356 e. The number of para-hydroxylation sites is 2. The molecular formula is C14H16N2O3. The quantitative estimate of drug-likeness (QED) is 0.897. The third kappa shape index (κ3) is 2.59. The normalized spacial score (nSPS) is 10.4. The Morgan fingerprint density at radius 1 is 1.42 bits per heavy atom. The summed E-state index contributed by atoms with van der Waals surface area (Å²) in [5.41, 5.74) is 1.67. The van der Waals surface area contributed by atoms with Crippen molar-refractivity contribution in [3.05, 3.63) is 41.7 Å². The molecule has 5 nitrogen and oxygen atoms in total. The molecule has 0 aliphatic rings. The second-order valence-electron chi connectivity index (χ2n) is 4.16. The van der Waals surface area contributed by atoms with Crippen molar-refractivity contribution in [2.45, 2.75) is 19.8 Å². The van der Waals surface area contributed by atoms with Crippen molar-refractivity contribution in [2.75, 3.05) is 7.11 Å². The minimum atomic E-state index is -1.02. The number of rotatable bonds is 5. The summed E-state index contributed by atoms with van der Waals surface area (Å²) in [7, 11) is 1.58. The van der Waals surface area contributed by atoms with Crippen molar-refractivity contribution >= 4 is 5.97 Å². The number of methoxy groups -OCH3 is 1. The topological polar surface area (TPSA) is 64.3 Å². The van der Waals surface area contributed by atoms with Gasteiger partial charge in [-0.3, -0.25) is 0 Å². The van der Waals surface area contributed by atoms with Crippen LogP contribution in [0.3, 0.4) is 0 Å². The Balaban J connectivity index is 2.56. The van der Waals surface area contributed by atoms with Crippen LogP contribution in [0.5, 0.6) is 5.75 Å². The molecule has 0 unspecified atom stereocenters. The molecule has 0 bridgehead atoms. The van der Waals surface area contributed by atoms with Crippen LogP contribution in [0.1, 0.15) is 29.5 Å². The van der Waals surface area contributed by atoms with E-state index in [2.05, 4.69) is 5.10 Å². The van der Waals surface area contributed by atoms with Gasteiger partial charge in [-0.15, -0.1) is 0 Å². The van der Waals surface area contributed by atoms with Crippen LogP contribution in [-0.4, -0.2) is 28.0 Å². The highest BCUT2D eigenvalue weighted by molar-refractivity contribution is 5.85. The van der Waals surface area contributed by atoms with Crippen LogP contribution in [0.4, 0.5) is 0 Å². The predicted octanol–water partition coefficient (Wildman–Crippen LogP) is 2.53. The number of hydrogen-bond acceptors (Lipinski definition) is 3. The maximum atomic E-state index is 11.0.